The van der Waals surface area contributed by atoms with Gasteiger partial charge in [-0.15, -0.1) is 0 Å². The molecule has 0 bridgehead atoms. The van der Waals surface area contributed by atoms with Gasteiger partial charge in [0.25, 0.3) is 5.56 Å². The van der Waals surface area contributed by atoms with E-state index in [9.17, 15) is 13.6 Å². The lowest BCUT2D eigenvalue weighted by Gasteiger charge is -2.15. The number of hydrogen-bond donors (Lipinski definition) is 2. The van der Waals surface area contributed by atoms with Gasteiger partial charge in [0.15, 0.2) is 0 Å². The maximum atomic E-state index is 12.5. The van der Waals surface area contributed by atoms with E-state index in [1.807, 2.05) is 24.3 Å². The third-order valence-electron chi connectivity index (χ3n) is 5.07. The van der Waals surface area contributed by atoms with Crippen LogP contribution in [0.2, 0.25) is 0 Å². The second-order valence-corrected chi connectivity index (χ2v) is 7.93. The first-order valence-electron chi connectivity index (χ1n) is 9.77. The first-order chi connectivity index (χ1) is 15.5. The number of aromatic amines is 1. The van der Waals surface area contributed by atoms with Crippen molar-refractivity contribution in [2.24, 2.45) is 7.05 Å². The molecule has 0 spiro atoms. The number of aryl methyl sites for hydroxylation is 1. The summed E-state index contributed by atoms with van der Waals surface area (Å²) in [5.74, 6) is 1.14. The van der Waals surface area contributed by atoms with Crippen molar-refractivity contribution in [3.63, 3.8) is 0 Å². The van der Waals surface area contributed by atoms with Crippen LogP contribution in [-0.2, 0) is 24.7 Å². The average molecular weight is 447 g/mol. The summed E-state index contributed by atoms with van der Waals surface area (Å²) in [5, 5.41) is 9.77. The van der Waals surface area contributed by atoms with Gasteiger partial charge < -0.3 is 18.8 Å². The van der Waals surface area contributed by atoms with Gasteiger partial charge >= 0.3 is 0 Å². The number of hydrogen-bond acceptors (Lipinski definition) is 5. The van der Waals surface area contributed by atoms with Crippen molar-refractivity contribution >= 4 is 22.2 Å². The normalized spacial score (nSPS) is 11.9. The molecule has 162 valence electrons. The summed E-state index contributed by atoms with van der Waals surface area (Å²) >= 11 is -2.32. The summed E-state index contributed by atoms with van der Waals surface area (Å²) in [6.45, 7) is 0.262. The molecule has 0 aliphatic heterocycles. The van der Waals surface area contributed by atoms with Gasteiger partial charge in [-0.1, -0.05) is 6.07 Å². The fraction of sp³-hybridized carbons (Fsp3) is 0.130. The van der Waals surface area contributed by atoms with E-state index in [0.29, 0.717) is 29.0 Å². The van der Waals surface area contributed by atoms with E-state index < -0.39 is 11.3 Å². The Bertz CT molecular complexity index is 1400. The Morgan fingerprint density at radius 3 is 2.69 bits per heavy atom. The van der Waals surface area contributed by atoms with Gasteiger partial charge in [-0.25, -0.2) is 4.72 Å². The number of pyridine rings is 1. The van der Waals surface area contributed by atoms with E-state index >= 15 is 0 Å². The number of benzene rings is 2. The van der Waals surface area contributed by atoms with Crippen LogP contribution >= 0.6 is 0 Å². The summed E-state index contributed by atoms with van der Waals surface area (Å²) < 4.78 is 31.6. The monoisotopic (exact) mass is 447 g/mol. The zero-order chi connectivity index (χ0) is 22.7. The van der Waals surface area contributed by atoms with Crippen LogP contribution in [0.15, 0.2) is 65.7 Å². The van der Waals surface area contributed by atoms with Crippen LogP contribution in [0.25, 0.3) is 22.0 Å². The highest BCUT2D eigenvalue weighted by atomic mass is 32.2. The molecule has 2 N–H and O–H groups in total. The highest BCUT2D eigenvalue weighted by molar-refractivity contribution is 7.77. The minimum atomic E-state index is -2.32. The number of ether oxygens (including phenoxy) is 1. The van der Waals surface area contributed by atoms with Gasteiger partial charge in [0.05, 0.1) is 11.6 Å². The first kappa shape index (κ1) is 21.5. The van der Waals surface area contributed by atoms with Crippen molar-refractivity contribution in [1.82, 2.24) is 14.3 Å². The van der Waals surface area contributed by atoms with E-state index in [0.717, 1.165) is 22.1 Å². The van der Waals surface area contributed by atoms with Crippen LogP contribution < -0.4 is 15.0 Å². The Kier molecular flexibility index (Phi) is 6.18. The molecule has 2 aromatic heterocycles. The van der Waals surface area contributed by atoms with Crippen LogP contribution in [0.1, 0.15) is 11.1 Å². The molecule has 1 atom stereocenters. The number of fused-ring (bicyclic) bond motifs is 1. The smallest absolute Gasteiger partial charge is 0.274 e. The molecule has 0 radical (unpaired) electrons. The largest absolute Gasteiger partial charge is 0.760 e. The molecule has 2 heterocycles. The van der Waals surface area contributed by atoms with Crippen LogP contribution in [0.5, 0.6) is 11.5 Å². The lowest BCUT2D eigenvalue weighted by Crippen LogP contribution is -2.19. The van der Waals surface area contributed by atoms with Crippen LogP contribution in [-0.4, -0.2) is 24.9 Å². The second kappa shape index (κ2) is 9.20. The molecular weight excluding hydrogens is 428 g/mol. The number of nitrogens with one attached hydrogen (secondary N) is 2. The Morgan fingerprint density at radius 1 is 1.19 bits per heavy atom. The molecule has 9 heteroatoms. The topological polar surface area (TPSA) is 123 Å². The van der Waals surface area contributed by atoms with Crippen molar-refractivity contribution < 1.29 is 13.5 Å². The zero-order valence-electron chi connectivity index (χ0n) is 17.1. The van der Waals surface area contributed by atoms with E-state index in [1.165, 1.54) is 4.57 Å². The summed E-state index contributed by atoms with van der Waals surface area (Å²) in [5.41, 5.74) is 3.35. The second-order valence-electron chi connectivity index (χ2n) is 7.17. The molecule has 0 fully saturated rings. The number of aromatic nitrogens is 2. The molecule has 1 unspecified atom stereocenters. The fourth-order valence-corrected chi connectivity index (χ4v) is 3.79. The maximum Gasteiger partial charge on any atom is 0.274 e. The molecule has 2 aromatic carbocycles. The molecule has 4 rings (SSSR count). The van der Waals surface area contributed by atoms with Crippen molar-refractivity contribution in [2.75, 3.05) is 6.54 Å². The van der Waals surface area contributed by atoms with Crippen LogP contribution in [0.3, 0.4) is 0 Å². The van der Waals surface area contributed by atoms with Gasteiger partial charge in [0, 0.05) is 53.8 Å². The third-order valence-corrected chi connectivity index (χ3v) is 5.51. The van der Waals surface area contributed by atoms with Gasteiger partial charge in [-0.3, -0.25) is 9.00 Å². The van der Waals surface area contributed by atoms with E-state index in [4.69, 9.17) is 10.00 Å². The number of nitriles is 1. The van der Waals surface area contributed by atoms with Gasteiger partial charge in [0.2, 0.25) is 0 Å². The molecule has 0 amide bonds. The van der Waals surface area contributed by atoms with Crippen LogP contribution in [0.4, 0.5) is 0 Å². The summed E-state index contributed by atoms with van der Waals surface area (Å²) in [6.07, 6.45) is 3.96. The molecule has 8 nitrogen and oxygen atoms in total. The third kappa shape index (κ3) is 4.48. The predicted octanol–water partition coefficient (Wildman–Crippen LogP) is 3.12. The van der Waals surface area contributed by atoms with Gasteiger partial charge in [-0.2, -0.15) is 5.26 Å². The minimum absolute atomic E-state index is 0.137. The molecule has 0 aliphatic rings. The number of nitrogens with zero attached hydrogens (tertiary/aromatic N) is 2. The van der Waals surface area contributed by atoms with Crippen molar-refractivity contribution in [3.8, 4) is 28.7 Å². The standard InChI is InChI=1S/C23H20N4O4S/c1-27-14-20(18-9-10-25-22(18)23(27)28)19-12-15(8-11-26-32(29)30)4-7-21(19)31-17-5-2-16(13-24)3-6-17/h2-7,9-10,12,14,25-26H,8,11H2,1H3,(H,29,30)/p-1. The summed E-state index contributed by atoms with van der Waals surface area (Å²) in [4.78, 5) is 15.5. The summed E-state index contributed by atoms with van der Waals surface area (Å²) in [6, 6.07) is 16.3. The Morgan fingerprint density at radius 2 is 1.97 bits per heavy atom. The molecule has 0 saturated carbocycles. The Hall–Kier alpha value is -3.71. The van der Waals surface area contributed by atoms with Gasteiger partial charge in [-0.05, 0) is 54.4 Å². The molecule has 4 aromatic rings. The van der Waals surface area contributed by atoms with E-state index in [1.54, 1.807) is 43.7 Å². The van der Waals surface area contributed by atoms with E-state index in [-0.39, 0.29) is 12.1 Å². The Labute approximate surface area is 186 Å². The van der Waals surface area contributed by atoms with Crippen molar-refractivity contribution in [1.29, 1.82) is 5.26 Å². The van der Waals surface area contributed by atoms with Crippen molar-refractivity contribution in [3.05, 3.63) is 82.4 Å². The number of rotatable bonds is 7. The van der Waals surface area contributed by atoms with Crippen molar-refractivity contribution in [2.45, 2.75) is 6.42 Å². The maximum absolute atomic E-state index is 12.5. The molecule has 0 aliphatic carbocycles. The summed E-state index contributed by atoms with van der Waals surface area (Å²) in [7, 11) is 1.69. The predicted molar refractivity (Wildman–Crippen MR) is 121 cm³/mol. The first-order valence-corrected chi connectivity index (χ1v) is 10.8. The van der Waals surface area contributed by atoms with Gasteiger partial charge in [0.1, 0.15) is 17.0 Å². The van der Waals surface area contributed by atoms with E-state index in [2.05, 4.69) is 15.8 Å². The quantitative estimate of drug-likeness (QED) is 0.421. The minimum Gasteiger partial charge on any atom is -0.760 e. The lowest BCUT2D eigenvalue weighted by molar-refractivity contribution is 0.484. The molecule has 0 saturated heterocycles. The Balaban J connectivity index is 1.81. The number of H-pyrrole nitrogens is 1. The SMILES string of the molecule is Cn1cc(-c2cc(CCNS(=O)[O-])ccc2Oc2ccc(C#N)cc2)c2cc[nH]c2c1=O. The zero-order valence-corrected chi connectivity index (χ0v) is 17.9. The highest BCUT2D eigenvalue weighted by Gasteiger charge is 2.15. The molecular formula is C23H19N4O4S-. The fourth-order valence-electron chi connectivity index (χ4n) is 3.52. The average Bonchev–Trinajstić information content (AvgIpc) is 3.28. The molecule has 32 heavy (non-hydrogen) atoms. The lowest BCUT2D eigenvalue weighted by atomic mass is 9.99. The van der Waals surface area contributed by atoms with Crippen LogP contribution in [0, 0.1) is 11.3 Å². The highest BCUT2D eigenvalue weighted by Crippen LogP contribution is 2.37.